The maximum atomic E-state index is 12.5. The lowest BCUT2D eigenvalue weighted by atomic mass is 9.96. The molecule has 2 aliphatic heterocycles. The van der Waals surface area contributed by atoms with Gasteiger partial charge in [0.1, 0.15) is 0 Å². The molecule has 2 aromatic rings. The van der Waals surface area contributed by atoms with Crippen LogP contribution in [0.1, 0.15) is 32.7 Å². The van der Waals surface area contributed by atoms with Gasteiger partial charge in [-0.25, -0.2) is 0 Å². The first kappa shape index (κ1) is 15.0. The quantitative estimate of drug-likeness (QED) is 0.898. The summed E-state index contributed by atoms with van der Waals surface area (Å²) in [7, 11) is 0. The number of hydrogen-bond acceptors (Lipinski definition) is 5. The number of aryl methyl sites for hydroxylation is 1. The zero-order valence-corrected chi connectivity index (χ0v) is 13.5. The second-order valence-corrected chi connectivity index (χ2v) is 6.00. The number of aromatic nitrogens is 1. The number of carbonyl (C=O) groups excluding carboxylic acids is 1. The van der Waals surface area contributed by atoms with E-state index in [1.54, 1.807) is 18.2 Å². The lowest BCUT2D eigenvalue weighted by Gasteiger charge is -2.21. The maximum absolute atomic E-state index is 12.5. The third kappa shape index (κ3) is 2.69. The van der Waals surface area contributed by atoms with Crippen molar-refractivity contribution >= 4 is 5.91 Å². The maximum Gasteiger partial charge on any atom is 0.251 e. The summed E-state index contributed by atoms with van der Waals surface area (Å²) in [5.41, 5.74) is 5.20. The Bertz CT molecular complexity index is 804. The monoisotopic (exact) mass is 325 g/mol. The summed E-state index contributed by atoms with van der Waals surface area (Å²) in [6, 6.07) is 5.23. The fourth-order valence-corrected chi connectivity index (χ4v) is 3.19. The van der Waals surface area contributed by atoms with Crippen molar-refractivity contribution in [2.75, 3.05) is 13.3 Å². The zero-order chi connectivity index (χ0) is 16.5. The molecule has 2 N–H and O–H groups in total. The van der Waals surface area contributed by atoms with Crippen LogP contribution in [0.4, 0.5) is 0 Å². The van der Waals surface area contributed by atoms with Crippen molar-refractivity contribution in [3.8, 4) is 11.5 Å². The van der Waals surface area contributed by atoms with Crippen LogP contribution in [0.3, 0.4) is 0 Å². The number of nitrogens with one attached hydrogen (secondary N) is 2. The fraction of sp³-hybridized carbons (Fsp3) is 0.333. The smallest absolute Gasteiger partial charge is 0.251 e. The molecular formula is C18H19N3O3. The number of hydrogen-bond donors (Lipinski definition) is 2. The number of ether oxygens (including phenoxy) is 2. The highest BCUT2D eigenvalue weighted by atomic mass is 16.7. The van der Waals surface area contributed by atoms with Crippen LogP contribution in [-0.4, -0.2) is 24.2 Å². The molecule has 0 bridgehead atoms. The number of carbonyl (C=O) groups is 1. The van der Waals surface area contributed by atoms with Gasteiger partial charge in [-0.15, -0.1) is 0 Å². The average molecular weight is 325 g/mol. The molecule has 0 radical (unpaired) electrons. The SMILES string of the molecule is Cc1ncc2c(c1CNC(=O)c1ccc3c(c1)OCO3)CCNC2. The molecule has 0 aliphatic carbocycles. The summed E-state index contributed by atoms with van der Waals surface area (Å²) in [5.74, 6) is 1.17. The van der Waals surface area contributed by atoms with Gasteiger partial charge in [0.2, 0.25) is 6.79 Å². The van der Waals surface area contributed by atoms with Crippen LogP contribution < -0.4 is 20.1 Å². The van der Waals surface area contributed by atoms with Gasteiger partial charge in [0.05, 0.1) is 0 Å². The summed E-state index contributed by atoms with van der Waals surface area (Å²) in [5, 5.41) is 6.35. The Balaban J connectivity index is 1.52. The van der Waals surface area contributed by atoms with Gasteiger partial charge in [0.15, 0.2) is 11.5 Å². The predicted molar refractivity (Wildman–Crippen MR) is 88.1 cm³/mol. The highest BCUT2D eigenvalue weighted by molar-refractivity contribution is 5.94. The molecule has 6 nitrogen and oxygen atoms in total. The number of benzene rings is 1. The Morgan fingerprint density at radius 2 is 2.21 bits per heavy atom. The largest absolute Gasteiger partial charge is 0.454 e. The first-order chi connectivity index (χ1) is 11.7. The number of nitrogens with zero attached hydrogens (tertiary/aromatic N) is 1. The van der Waals surface area contributed by atoms with E-state index in [1.165, 1.54) is 11.1 Å². The predicted octanol–water partition coefficient (Wildman–Crippen LogP) is 1.69. The van der Waals surface area contributed by atoms with Crippen molar-refractivity contribution in [3.05, 3.63) is 52.3 Å². The number of fused-ring (bicyclic) bond motifs is 2. The Morgan fingerprint density at radius 3 is 3.12 bits per heavy atom. The molecular weight excluding hydrogens is 306 g/mol. The molecule has 0 unspecified atom stereocenters. The summed E-state index contributed by atoms with van der Waals surface area (Å²) >= 11 is 0. The van der Waals surface area contributed by atoms with Crippen LogP contribution in [0.2, 0.25) is 0 Å². The molecule has 4 rings (SSSR count). The van der Waals surface area contributed by atoms with Crippen molar-refractivity contribution in [2.24, 2.45) is 0 Å². The third-order valence-electron chi connectivity index (χ3n) is 4.53. The van der Waals surface area contributed by atoms with Gasteiger partial charge in [0, 0.05) is 30.5 Å². The molecule has 3 heterocycles. The number of rotatable bonds is 3. The summed E-state index contributed by atoms with van der Waals surface area (Å²) < 4.78 is 10.6. The first-order valence-electron chi connectivity index (χ1n) is 8.07. The Labute approximate surface area is 140 Å². The fourth-order valence-electron chi connectivity index (χ4n) is 3.19. The van der Waals surface area contributed by atoms with Crippen LogP contribution in [0.5, 0.6) is 11.5 Å². The number of amides is 1. The van der Waals surface area contributed by atoms with Crippen LogP contribution >= 0.6 is 0 Å². The minimum absolute atomic E-state index is 0.126. The molecule has 6 heteroatoms. The van der Waals surface area contributed by atoms with Gasteiger partial charge in [-0.1, -0.05) is 0 Å². The second kappa shape index (κ2) is 6.13. The molecule has 1 aromatic heterocycles. The molecule has 0 atom stereocenters. The zero-order valence-electron chi connectivity index (χ0n) is 13.5. The van der Waals surface area contributed by atoms with Gasteiger partial charge in [-0.3, -0.25) is 9.78 Å². The molecule has 1 amide bonds. The molecule has 2 aliphatic rings. The average Bonchev–Trinajstić information content (AvgIpc) is 3.08. The lowest BCUT2D eigenvalue weighted by Crippen LogP contribution is -2.28. The Morgan fingerprint density at radius 1 is 1.33 bits per heavy atom. The minimum Gasteiger partial charge on any atom is -0.454 e. The van der Waals surface area contributed by atoms with E-state index >= 15 is 0 Å². The van der Waals surface area contributed by atoms with Gasteiger partial charge in [-0.05, 0) is 54.8 Å². The highest BCUT2D eigenvalue weighted by Crippen LogP contribution is 2.32. The highest BCUT2D eigenvalue weighted by Gasteiger charge is 2.18. The van der Waals surface area contributed by atoms with Crippen molar-refractivity contribution in [1.82, 2.24) is 15.6 Å². The molecule has 0 spiro atoms. The molecule has 1 aromatic carbocycles. The Kier molecular flexibility index (Phi) is 3.82. The third-order valence-corrected chi connectivity index (χ3v) is 4.53. The van der Waals surface area contributed by atoms with Gasteiger partial charge in [0.25, 0.3) is 5.91 Å². The van der Waals surface area contributed by atoms with E-state index in [-0.39, 0.29) is 12.7 Å². The van der Waals surface area contributed by atoms with E-state index in [0.29, 0.717) is 23.6 Å². The number of pyridine rings is 1. The van der Waals surface area contributed by atoms with E-state index in [1.807, 2.05) is 13.1 Å². The van der Waals surface area contributed by atoms with E-state index in [9.17, 15) is 4.79 Å². The first-order valence-corrected chi connectivity index (χ1v) is 8.07. The van der Waals surface area contributed by atoms with E-state index in [2.05, 4.69) is 15.6 Å². The van der Waals surface area contributed by atoms with Gasteiger partial charge in [-0.2, -0.15) is 0 Å². The molecule has 124 valence electrons. The van der Waals surface area contributed by atoms with E-state index in [0.717, 1.165) is 30.8 Å². The standard InChI is InChI=1S/C18H19N3O3/c1-11-15(14-4-5-19-7-13(14)8-20-11)9-21-18(22)12-2-3-16-17(6-12)24-10-23-16/h2-3,6,8,19H,4-5,7,9-10H2,1H3,(H,21,22). The summed E-state index contributed by atoms with van der Waals surface area (Å²) in [6.45, 7) is 4.47. The summed E-state index contributed by atoms with van der Waals surface area (Å²) in [6.07, 6.45) is 2.90. The minimum atomic E-state index is -0.126. The van der Waals surface area contributed by atoms with Crippen LogP contribution in [0.25, 0.3) is 0 Å². The van der Waals surface area contributed by atoms with Crippen molar-refractivity contribution in [1.29, 1.82) is 0 Å². The van der Waals surface area contributed by atoms with Crippen molar-refractivity contribution in [3.63, 3.8) is 0 Å². The van der Waals surface area contributed by atoms with Crippen LogP contribution in [0.15, 0.2) is 24.4 Å². The molecule has 0 saturated carbocycles. The molecule has 24 heavy (non-hydrogen) atoms. The Hall–Kier alpha value is -2.60. The second-order valence-electron chi connectivity index (χ2n) is 6.00. The van der Waals surface area contributed by atoms with E-state index in [4.69, 9.17) is 9.47 Å². The van der Waals surface area contributed by atoms with E-state index < -0.39 is 0 Å². The van der Waals surface area contributed by atoms with Gasteiger partial charge < -0.3 is 20.1 Å². The lowest BCUT2D eigenvalue weighted by molar-refractivity contribution is 0.0950. The van der Waals surface area contributed by atoms with Crippen LogP contribution in [0, 0.1) is 6.92 Å². The van der Waals surface area contributed by atoms with Crippen LogP contribution in [-0.2, 0) is 19.5 Å². The van der Waals surface area contributed by atoms with Gasteiger partial charge >= 0.3 is 0 Å². The van der Waals surface area contributed by atoms with Crippen molar-refractivity contribution in [2.45, 2.75) is 26.4 Å². The molecule has 0 fully saturated rings. The summed E-state index contributed by atoms with van der Waals surface area (Å²) in [4.78, 5) is 16.9. The molecule has 0 saturated heterocycles. The van der Waals surface area contributed by atoms with Crippen molar-refractivity contribution < 1.29 is 14.3 Å². The topological polar surface area (TPSA) is 72.5 Å². The normalized spacial score (nSPS) is 15.0.